The summed E-state index contributed by atoms with van der Waals surface area (Å²) in [4.78, 5) is 0. The number of halogens is 2. The van der Waals surface area contributed by atoms with Gasteiger partial charge in [0.15, 0.2) is 0 Å². The molecule has 2 aromatic carbocycles. The van der Waals surface area contributed by atoms with Gasteiger partial charge in [0.1, 0.15) is 11.6 Å². The van der Waals surface area contributed by atoms with Crippen molar-refractivity contribution in [3.05, 3.63) is 59.7 Å². The van der Waals surface area contributed by atoms with E-state index in [9.17, 15) is 8.78 Å². The van der Waals surface area contributed by atoms with Crippen LogP contribution in [0.5, 0.6) is 0 Å². The molecule has 0 fully saturated rings. The molecule has 0 aromatic heterocycles. The van der Waals surface area contributed by atoms with Gasteiger partial charge in [0, 0.05) is 6.04 Å². The van der Waals surface area contributed by atoms with Crippen LogP contribution in [0.2, 0.25) is 0 Å². The predicted molar refractivity (Wildman–Crippen MR) is 69.3 cm³/mol. The van der Waals surface area contributed by atoms with Crippen LogP contribution in [0, 0.1) is 11.6 Å². The molecule has 0 heterocycles. The van der Waals surface area contributed by atoms with Crippen molar-refractivity contribution in [1.29, 1.82) is 0 Å². The summed E-state index contributed by atoms with van der Waals surface area (Å²) in [6.45, 7) is 1.90. The fourth-order valence-electron chi connectivity index (χ4n) is 1.73. The largest absolute Gasteiger partial charge is 0.395 e. The third-order valence-electron chi connectivity index (χ3n) is 2.79. The minimum Gasteiger partial charge on any atom is -0.395 e. The number of hydrogen-bond donors (Lipinski definition) is 2. The first-order valence-electron chi connectivity index (χ1n) is 5.64. The van der Waals surface area contributed by atoms with Gasteiger partial charge in [-0.25, -0.2) is 8.78 Å². The number of nitrogen functional groups attached to an aromatic ring is 1. The summed E-state index contributed by atoms with van der Waals surface area (Å²) in [5.74, 6) is -0.734. The lowest BCUT2D eigenvalue weighted by molar-refractivity contribution is 0.626. The Balaban J connectivity index is 2.18. The van der Waals surface area contributed by atoms with Crippen LogP contribution < -0.4 is 11.1 Å². The molecule has 0 amide bonds. The van der Waals surface area contributed by atoms with Crippen molar-refractivity contribution in [3.63, 3.8) is 0 Å². The highest BCUT2D eigenvalue weighted by molar-refractivity contribution is 5.67. The van der Waals surface area contributed by atoms with Crippen LogP contribution in [-0.4, -0.2) is 0 Å². The van der Waals surface area contributed by atoms with Crippen molar-refractivity contribution >= 4 is 11.4 Å². The average Bonchev–Trinajstić information content (AvgIpc) is 2.36. The Morgan fingerprint density at radius 1 is 1.06 bits per heavy atom. The maximum absolute atomic E-state index is 13.3. The second-order valence-electron chi connectivity index (χ2n) is 4.12. The lowest BCUT2D eigenvalue weighted by Crippen LogP contribution is -2.09. The predicted octanol–water partition coefficient (Wildman–Crippen LogP) is 3.72. The molecule has 0 saturated heterocycles. The van der Waals surface area contributed by atoms with Crippen molar-refractivity contribution in [1.82, 2.24) is 0 Å². The third-order valence-corrected chi connectivity index (χ3v) is 2.79. The first-order chi connectivity index (χ1) is 8.58. The third kappa shape index (κ3) is 2.59. The van der Waals surface area contributed by atoms with Crippen molar-refractivity contribution in [2.24, 2.45) is 0 Å². The van der Waals surface area contributed by atoms with Crippen LogP contribution in [0.25, 0.3) is 0 Å². The van der Waals surface area contributed by atoms with Crippen molar-refractivity contribution in [2.45, 2.75) is 13.0 Å². The number of nitrogens with two attached hydrogens (primary N) is 1. The zero-order chi connectivity index (χ0) is 13.1. The number of benzene rings is 2. The van der Waals surface area contributed by atoms with Gasteiger partial charge < -0.3 is 11.1 Å². The molecule has 1 atom stereocenters. The standard InChI is InChI=1S/C14H14F2N2/c1-9(10-5-7-11(15)8-6-10)18-13-4-2-3-12(16)14(13)17/h2-9,18H,17H2,1H3. The molecule has 0 bridgehead atoms. The van der Waals surface area contributed by atoms with E-state index >= 15 is 0 Å². The normalized spacial score (nSPS) is 12.2. The zero-order valence-corrected chi connectivity index (χ0v) is 9.95. The maximum atomic E-state index is 13.3. The first kappa shape index (κ1) is 12.4. The zero-order valence-electron chi connectivity index (χ0n) is 9.95. The highest BCUT2D eigenvalue weighted by Crippen LogP contribution is 2.26. The molecule has 0 spiro atoms. The Bertz CT molecular complexity index is 538. The monoisotopic (exact) mass is 248 g/mol. The SMILES string of the molecule is CC(Nc1cccc(F)c1N)c1ccc(F)cc1. The Kier molecular flexibility index (Phi) is 3.46. The topological polar surface area (TPSA) is 38.0 Å². The molecular formula is C14H14F2N2. The summed E-state index contributed by atoms with van der Waals surface area (Å²) in [5, 5.41) is 3.10. The molecule has 2 rings (SSSR count). The Morgan fingerprint density at radius 3 is 2.39 bits per heavy atom. The quantitative estimate of drug-likeness (QED) is 0.812. The number of para-hydroxylation sites is 1. The molecule has 94 valence electrons. The molecule has 0 aliphatic rings. The molecule has 1 unspecified atom stereocenters. The van der Waals surface area contributed by atoms with E-state index in [1.165, 1.54) is 18.2 Å². The summed E-state index contributed by atoms with van der Waals surface area (Å²) in [7, 11) is 0. The lowest BCUT2D eigenvalue weighted by Gasteiger charge is -2.17. The highest BCUT2D eigenvalue weighted by Gasteiger charge is 2.09. The van der Waals surface area contributed by atoms with E-state index in [-0.39, 0.29) is 17.5 Å². The van der Waals surface area contributed by atoms with E-state index in [4.69, 9.17) is 5.73 Å². The van der Waals surface area contributed by atoms with Crippen molar-refractivity contribution < 1.29 is 8.78 Å². The summed E-state index contributed by atoms with van der Waals surface area (Å²) >= 11 is 0. The second-order valence-corrected chi connectivity index (χ2v) is 4.12. The van der Waals surface area contributed by atoms with Gasteiger partial charge in [0.05, 0.1) is 11.4 Å². The van der Waals surface area contributed by atoms with E-state index in [2.05, 4.69) is 5.32 Å². The van der Waals surface area contributed by atoms with E-state index in [1.54, 1.807) is 24.3 Å². The molecule has 4 heteroatoms. The van der Waals surface area contributed by atoms with Gasteiger partial charge in [-0.1, -0.05) is 18.2 Å². The Labute approximate surface area is 104 Å². The van der Waals surface area contributed by atoms with Crippen LogP contribution in [0.1, 0.15) is 18.5 Å². The van der Waals surface area contributed by atoms with Crippen LogP contribution in [-0.2, 0) is 0 Å². The smallest absolute Gasteiger partial charge is 0.148 e. The van der Waals surface area contributed by atoms with Gasteiger partial charge in [-0.2, -0.15) is 0 Å². The van der Waals surface area contributed by atoms with Gasteiger partial charge in [-0.05, 0) is 36.8 Å². The van der Waals surface area contributed by atoms with E-state index in [1.807, 2.05) is 6.92 Å². The van der Waals surface area contributed by atoms with E-state index < -0.39 is 5.82 Å². The van der Waals surface area contributed by atoms with Gasteiger partial charge in [0.25, 0.3) is 0 Å². The highest BCUT2D eigenvalue weighted by atomic mass is 19.1. The summed E-state index contributed by atoms with van der Waals surface area (Å²) in [6.07, 6.45) is 0. The van der Waals surface area contributed by atoms with Gasteiger partial charge >= 0.3 is 0 Å². The van der Waals surface area contributed by atoms with E-state index in [0.717, 1.165) is 5.56 Å². The van der Waals surface area contributed by atoms with Gasteiger partial charge in [-0.15, -0.1) is 0 Å². The lowest BCUT2D eigenvalue weighted by atomic mass is 10.1. The minimum atomic E-state index is -0.452. The number of hydrogen-bond acceptors (Lipinski definition) is 2. The summed E-state index contributed by atoms with van der Waals surface area (Å²) < 4.78 is 26.1. The van der Waals surface area contributed by atoms with Crippen LogP contribution in [0.15, 0.2) is 42.5 Å². The van der Waals surface area contributed by atoms with Gasteiger partial charge in [-0.3, -0.25) is 0 Å². The second kappa shape index (κ2) is 5.04. The molecule has 0 aliphatic heterocycles. The minimum absolute atomic E-state index is 0.0882. The van der Waals surface area contributed by atoms with Crippen molar-refractivity contribution in [3.8, 4) is 0 Å². The molecule has 2 nitrogen and oxygen atoms in total. The molecule has 0 aliphatic carbocycles. The number of nitrogens with one attached hydrogen (secondary N) is 1. The fourth-order valence-corrected chi connectivity index (χ4v) is 1.73. The summed E-state index contributed by atoms with van der Waals surface area (Å²) in [6, 6.07) is 10.7. The Morgan fingerprint density at radius 2 is 1.72 bits per heavy atom. The number of anilines is 2. The van der Waals surface area contributed by atoms with Gasteiger partial charge in [0.2, 0.25) is 0 Å². The Hall–Kier alpha value is -2.10. The fraction of sp³-hybridized carbons (Fsp3) is 0.143. The summed E-state index contributed by atoms with van der Waals surface area (Å²) in [5.41, 5.74) is 7.16. The average molecular weight is 248 g/mol. The molecule has 3 N–H and O–H groups in total. The van der Waals surface area contributed by atoms with Crippen LogP contribution in [0.3, 0.4) is 0 Å². The first-order valence-corrected chi connectivity index (χ1v) is 5.64. The molecular weight excluding hydrogens is 234 g/mol. The van der Waals surface area contributed by atoms with Crippen LogP contribution in [0.4, 0.5) is 20.2 Å². The molecule has 0 saturated carbocycles. The van der Waals surface area contributed by atoms with Crippen LogP contribution >= 0.6 is 0 Å². The van der Waals surface area contributed by atoms with Crippen molar-refractivity contribution in [2.75, 3.05) is 11.1 Å². The van der Waals surface area contributed by atoms with E-state index in [0.29, 0.717) is 5.69 Å². The molecule has 18 heavy (non-hydrogen) atoms. The molecule has 2 aromatic rings. The number of rotatable bonds is 3. The maximum Gasteiger partial charge on any atom is 0.148 e. The molecule has 0 radical (unpaired) electrons.